The number of rotatable bonds is 3. The van der Waals surface area contributed by atoms with E-state index in [9.17, 15) is 4.79 Å². The van der Waals surface area contributed by atoms with Gasteiger partial charge in [-0.1, -0.05) is 49.3 Å². The molecule has 1 aliphatic rings. The van der Waals surface area contributed by atoms with E-state index in [2.05, 4.69) is 30.8 Å². The summed E-state index contributed by atoms with van der Waals surface area (Å²) < 4.78 is 0. The van der Waals surface area contributed by atoms with E-state index in [0.29, 0.717) is 5.78 Å². The summed E-state index contributed by atoms with van der Waals surface area (Å²) in [5.41, 5.74) is 3.68. The van der Waals surface area contributed by atoms with Gasteiger partial charge in [-0.25, -0.2) is 0 Å². The Morgan fingerprint density at radius 3 is 2.83 bits per heavy atom. The quantitative estimate of drug-likeness (QED) is 0.566. The molecule has 18 heavy (non-hydrogen) atoms. The molecule has 0 spiro atoms. The van der Waals surface area contributed by atoms with Crippen molar-refractivity contribution in [2.75, 3.05) is 0 Å². The average molecular weight is 242 g/mol. The summed E-state index contributed by atoms with van der Waals surface area (Å²) in [4.78, 5) is 12.2. The van der Waals surface area contributed by atoms with Crippen molar-refractivity contribution in [3.8, 4) is 0 Å². The molecule has 1 unspecified atom stereocenters. The van der Waals surface area contributed by atoms with Crippen molar-refractivity contribution in [2.24, 2.45) is 0 Å². The van der Waals surface area contributed by atoms with Gasteiger partial charge in [0.25, 0.3) is 0 Å². The van der Waals surface area contributed by atoms with Crippen LogP contribution in [0, 0.1) is 0 Å². The van der Waals surface area contributed by atoms with Crippen LogP contribution in [0.15, 0.2) is 36.4 Å². The molecular formula is C17H22O. The van der Waals surface area contributed by atoms with Crippen LogP contribution in [-0.4, -0.2) is 5.78 Å². The lowest BCUT2D eigenvalue weighted by Gasteiger charge is -2.17. The fraction of sp³-hybridized carbons (Fsp3) is 0.471. The van der Waals surface area contributed by atoms with Gasteiger partial charge < -0.3 is 0 Å². The van der Waals surface area contributed by atoms with Gasteiger partial charge in [0.15, 0.2) is 0 Å². The maximum absolute atomic E-state index is 12.2. The van der Waals surface area contributed by atoms with Gasteiger partial charge in [-0.15, -0.1) is 0 Å². The molecule has 1 saturated carbocycles. The van der Waals surface area contributed by atoms with Crippen LogP contribution in [0.4, 0.5) is 0 Å². The minimum atomic E-state index is 0.128. The molecule has 1 aromatic rings. The van der Waals surface area contributed by atoms with Gasteiger partial charge in [0.05, 0.1) is 0 Å². The summed E-state index contributed by atoms with van der Waals surface area (Å²) in [7, 11) is 0. The van der Waals surface area contributed by atoms with Crippen molar-refractivity contribution in [2.45, 2.75) is 51.4 Å². The number of benzene rings is 1. The second-order valence-electron chi connectivity index (χ2n) is 5.45. The molecule has 1 heteroatoms. The zero-order valence-corrected chi connectivity index (χ0v) is 11.2. The Bertz CT molecular complexity index is 445. The number of hydrogen-bond acceptors (Lipinski definition) is 1. The summed E-state index contributed by atoms with van der Waals surface area (Å²) in [6.45, 7) is 6.04. The molecule has 0 aliphatic heterocycles. The topological polar surface area (TPSA) is 17.1 Å². The lowest BCUT2D eigenvalue weighted by atomic mass is 9.86. The van der Waals surface area contributed by atoms with Gasteiger partial charge in [-0.2, -0.15) is 0 Å². The van der Waals surface area contributed by atoms with Crippen LogP contribution >= 0.6 is 0 Å². The van der Waals surface area contributed by atoms with E-state index in [4.69, 9.17) is 0 Å². The van der Waals surface area contributed by atoms with E-state index in [1.807, 2.05) is 6.92 Å². The van der Waals surface area contributed by atoms with Gasteiger partial charge in [-0.3, -0.25) is 4.79 Å². The molecule has 1 aromatic carbocycles. The Hall–Kier alpha value is -1.37. The third-order valence-corrected chi connectivity index (χ3v) is 3.73. The summed E-state index contributed by atoms with van der Waals surface area (Å²) in [6.07, 6.45) is 6.11. The Kier molecular flexibility index (Phi) is 4.35. The van der Waals surface area contributed by atoms with Crippen LogP contribution in [0.3, 0.4) is 0 Å². The maximum atomic E-state index is 12.2. The second kappa shape index (κ2) is 5.99. The first kappa shape index (κ1) is 13.1. The third-order valence-electron chi connectivity index (χ3n) is 3.73. The van der Waals surface area contributed by atoms with Crippen LogP contribution in [-0.2, 0) is 11.2 Å². The Morgan fingerprint density at radius 2 is 2.06 bits per heavy atom. The largest absolute Gasteiger partial charge is 0.299 e. The molecule has 1 aliphatic carbocycles. The molecule has 0 radical (unpaired) electrons. The summed E-state index contributed by atoms with van der Waals surface area (Å²) >= 11 is 0. The third kappa shape index (κ3) is 3.10. The Morgan fingerprint density at radius 1 is 1.28 bits per heavy atom. The SMILES string of the molecule is C=C(C)Cc1ccccc1C1CCCCCC1=O. The number of Topliss-reactive ketones (excluding diaryl/α,β-unsaturated/α-hetero) is 1. The number of hydrogen-bond donors (Lipinski definition) is 0. The fourth-order valence-electron chi connectivity index (χ4n) is 2.85. The van der Waals surface area contributed by atoms with E-state index in [1.54, 1.807) is 0 Å². The Labute approximate surface area is 110 Å². The van der Waals surface area contributed by atoms with Crippen LogP contribution in [0.2, 0.25) is 0 Å². The zero-order chi connectivity index (χ0) is 13.0. The van der Waals surface area contributed by atoms with Crippen LogP contribution in [0.1, 0.15) is 56.1 Å². The van der Waals surface area contributed by atoms with Crippen molar-refractivity contribution in [3.63, 3.8) is 0 Å². The van der Waals surface area contributed by atoms with Crippen LogP contribution in [0.5, 0.6) is 0 Å². The molecule has 0 aromatic heterocycles. The fourth-order valence-corrected chi connectivity index (χ4v) is 2.85. The highest BCUT2D eigenvalue weighted by Gasteiger charge is 2.24. The van der Waals surface area contributed by atoms with Crippen molar-refractivity contribution in [1.82, 2.24) is 0 Å². The van der Waals surface area contributed by atoms with E-state index in [0.717, 1.165) is 31.3 Å². The lowest BCUT2D eigenvalue weighted by molar-refractivity contribution is -0.120. The first-order chi connectivity index (χ1) is 8.68. The minimum absolute atomic E-state index is 0.128. The van der Waals surface area contributed by atoms with E-state index in [1.165, 1.54) is 24.0 Å². The molecular weight excluding hydrogens is 220 g/mol. The number of ketones is 1. The second-order valence-corrected chi connectivity index (χ2v) is 5.45. The van der Waals surface area contributed by atoms with Crippen molar-refractivity contribution in [1.29, 1.82) is 0 Å². The van der Waals surface area contributed by atoms with Gasteiger partial charge >= 0.3 is 0 Å². The van der Waals surface area contributed by atoms with Gasteiger partial charge in [-0.05, 0) is 37.3 Å². The molecule has 0 N–H and O–H groups in total. The lowest BCUT2D eigenvalue weighted by Crippen LogP contribution is -2.12. The normalized spacial score (nSPS) is 20.5. The number of allylic oxidation sites excluding steroid dienone is 1. The minimum Gasteiger partial charge on any atom is -0.299 e. The van der Waals surface area contributed by atoms with Gasteiger partial charge in [0.2, 0.25) is 0 Å². The first-order valence-electron chi connectivity index (χ1n) is 6.93. The molecule has 0 saturated heterocycles. The van der Waals surface area contributed by atoms with Crippen molar-refractivity contribution in [3.05, 3.63) is 47.5 Å². The molecule has 0 heterocycles. The number of carbonyl (C=O) groups excluding carboxylic acids is 1. The predicted octanol–water partition coefficient (Wildman–Crippen LogP) is 4.42. The molecule has 1 fully saturated rings. The molecule has 0 amide bonds. The highest BCUT2D eigenvalue weighted by molar-refractivity contribution is 5.86. The maximum Gasteiger partial charge on any atom is 0.140 e. The predicted molar refractivity (Wildman–Crippen MR) is 75.8 cm³/mol. The van der Waals surface area contributed by atoms with E-state index < -0.39 is 0 Å². The highest BCUT2D eigenvalue weighted by atomic mass is 16.1. The Balaban J connectivity index is 2.30. The summed E-state index contributed by atoms with van der Waals surface area (Å²) in [5.74, 6) is 0.560. The van der Waals surface area contributed by atoms with Crippen molar-refractivity contribution < 1.29 is 4.79 Å². The zero-order valence-electron chi connectivity index (χ0n) is 11.2. The number of carbonyl (C=O) groups is 1. The monoisotopic (exact) mass is 242 g/mol. The molecule has 1 atom stereocenters. The van der Waals surface area contributed by atoms with E-state index in [-0.39, 0.29) is 5.92 Å². The first-order valence-corrected chi connectivity index (χ1v) is 6.93. The van der Waals surface area contributed by atoms with Gasteiger partial charge in [0.1, 0.15) is 5.78 Å². The smallest absolute Gasteiger partial charge is 0.140 e. The highest BCUT2D eigenvalue weighted by Crippen LogP contribution is 2.31. The van der Waals surface area contributed by atoms with Gasteiger partial charge in [0, 0.05) is 12.3 Å². The van der Waals surface area contributed by atoms with Crippen LogP contribution in [0.25, 0.3) is 0 Å². The van der Waals surface area contributed by atoms with Crippen molar-refractivity contribution >= 4 is 5.78 Å². The van der Waals surface area contributed by atoms with E-state index >= 15 is 0 Å². The molecule has 2 rings (SSSR count). The van der Waals surface area contributed by atoms with Crippen LogP contribution < -0.4 is 0 Å². The summed E-state index contributed by atoms with van der Waals surface area (Å²) in [5, 5.41) is 0. The molecule has 1 nitrogen and oxygen atoms in total. The summed E-state index contributed by atoms with van der Waals surface area (Å²) in [6, 6.07) is 8.38. The molecule has 96 valence electrons. The molecule has 0 bridgehead atoms. The average Bonchev–Trinajstić information content (AvgIpc) is 2.54. The standard InChI is InChI=1S/C17H22O/c1-13(2)12-14-8-6-7-9-15(14)16-10-4-3-5-11-17(16)18/h6-9,16H,1,3-5,10-12H2,2H3.